The van der Waals surface area contributed by atoms with Gasteiger partial charge in [-0.05, 0) is 49.9 Å². The Morgan fingerprint density at radius 2 is 1.74 bits per heavy atom. The fraction of sp³-hybridized carbons (Fsp3) is 0.647. The maximum absolute atomic E-state index is 13.0. The molecular weight excluding hydrogens is 314 g/mol. The van der Waals surface area contributed by atoms with E-state index in [-0.39, 0.29) is 18.0 Å². The fourth-order valence-corrected chi connectivity index (χ4v) is 4.45. The number of hydrogen-bond donors (Lipinski definition) is 0. The van der Waals surface area contributed by atoms with Crippen LogP contribution in [-0.4, -0.2) is 45.1 Å². The van der Waals surface area contributed by atoms with Crippen LogP contribution in [-0.2, 0) is 14.8 Å². The number of sulfonamides is 1. The number of rotatable bonds is 9. The molecule has 2 rings (SSSR count). The highest BCUT2D eigenvalue weighted by Gasteiger charge is 2.41. The number of hydrogen-bond acceptors (Lipinski definition) is 4. The molecule has 1 fully saturated rings. The number of nitrogens with zero attached hydrogens (tertiary/aromatic N) is 1. The molecule has 0 saturated heterocycles. The molecule has 1 aromatic carbocycles. The lowest BCUT2D eigenvalue weighted by atomic mass is 10.1. The Bertz CT molecular complexity index is 594. The smallest absolute Gasteiger partial charge is 0.243 e. The van der Waals surface area contributed by atoms with Crippen molar-refractivity contribution in [3.05, 3.63) is 24.3 Å². The van der Waals surface area contributed by atoms with Crippen LogP contribution in [0.2, 0.25) is 0 Å². The van der Waals surface area contributed by atoms with E-state index >= 15 is 0 Å². The average Bonchev–Trinajstić information content (AvgIpc) is 3.32. The van der Waals surface area contributed by atoms with E-state index in [1.54, 1.807) is 35.7 Å². The van der Waals surface area contributed by atoms with E-state index in [9.17, 15) is 8.42 Å². The lowest BCUT2D eigenvalue weighted by molar-refractivity contribution is 0.146. The quantitative estimate of drug-likeness (QED) is 0.648. The van der Waals surface area contributed by atoms with Gasteiger partial charge in [0, 0.05) is 19.2 Å². The summed E-state index contributed by atoms with van der Waals surface area (Å²) in [5.74, 6) is 0.929. The fourth-order valence-electron chi connectivity index (χ4n) is 2.44. The highest BCUT2D eigenvalue weighted by Crippen LogP contribution is 2.35. The molecule has 0 aliphatic heterocycles. The van der Waals surface area contributed by atoms with Crippen molar-refractivity contribution < 1.29 is 17.9 Å². The summed E-state index contributed by atoms with van der Waals surface area (Å²) in [5, 5.41) is 0. The first kappa shape index (κ1) is 18.2. The largest absolute Gasteiger partial charge is 0.491 e. The van der Waals surface area contributed by atoms with Crippen molar-refractivity contribution in [3.8, 4) is 5.75 Å². The van der Waals surface area contributed by atoms with E-state index in [0.29, 0.717) is 23.9 Å². The summed E-state index contributed by atoms with van der Waals surface area (Å²) < 4.78 is 38.1. The third kappa shape index (κ3) is 4.46. The molecule has 0 heterocycles. The first-order valence-electron chi connectivity index (χ1n) is 8.13. The van der Waals surface area contributed by atoms with Gasteiger partial charge in [0.15, 0.2) is 0 Å². The van der Waals surface area contributed by atoms with Crippen LogP contribution in [0.4, 0.5) is 0 Å². The molecule has 1 aromatic rings. The third-order valence-electron chi connectivity index (χ3n) is 4.23. The summed E-state index contributed by atoms with van der Waals surface area (Å²) >= 11 is 0. The Labute approximate surface area is 139 Å². The van der Waals surface area contributed by atoms with Crippen LogP contribution in [0, 0.1) is 5.92 Å². The second kappa shape index (κ2) is 7.64. The second-order valence-corrected chi connectivity index (χ2v) is 8.21. The van der Waals surface area contributed by atoms with Crippen molar-refractivity contribution in [2.75, 3.05) is 20.3 Å². The molecule has 1 aliphatic rings. The Morgan fingerprint density at radius 1 is 1.13 bits per heavy atom. The third-order valence-corrected chi connectivity index (χ3v) is 6.28. The molecule has 6 heteroatoms. The van der Waals surface area contributed by atoms with Crippen LogP contribution in [0.3, 0.4) is 0 Å². The zero-order valence-corrected chi connectivity index (χ0v) is 15.2. The van der Waals surface area contributed by atoms with E-state index in [4.69, 9.17) is 9.47 Å². The lowest BCUT2D eigenvalue weighted by Crippen LogP contribution is -2.42. The van der Waals surface area contributed by atoms with Gasteiger partial charge in [-0.1, -0.05) is 13.8 Å². The lowest BCUT2D eigenvalue weighted by Gasteiger charge is -2.31. The van der Waals surface area contributed by atoms with Crippen LogP contribution in [0.25, 0.3) is 0 Å². The van der Waals surface area contributed by atoms with Crippen molar-refractivity contribution in [2.24, 2.45) is 5.92 Å². The topological polar surface area (TPSA) is 55.8 Å². The van der Waals surface area contributed by atoms with Gasteiger partial charge >= 0.3 is 0 Å². The van der Waals surface area contributed by atoms with Gasteiger partial charge in [-0.3, -0.25) is 0 Å². The summed E-state index contributed by atoms with van der Waals surface area (Å²) in [6.45, 7) is 7.05. The standard InChI is InChI=1S/C17H27NO4S/c1-13(2)14(3)18(15-5-6-15)23(19,20)17-9-7-16(8-10-17)22-12-11-21-4/h7-10,13-15H,5-6,11-12H2,1-4H3/t14-/m1/s1. The molecule has 1 atom stereocenters. The zero-order chi connectivity index (χ0) is 17.0. The Morgan fingerprint density at radius 3 is 2.22 bits per heavy atom. The van der Waals surface area contributed by atoms with Gasteiger partial charge in [-0.15, -0.1) is 0 Å². The molecule has 0 spiro atoms. The number of benzene rings is 1. The van der Waals surface area contributed by atoms with Crippen LogP contribution < -0.4 is 4.74 Å². The van der Waals surface area contributed by atoms with Gasteiger partial charge < -0.3 is 9.47 Å². The van der Waals surface area contributed by atoms with E-state index in [1.165, 1.54) is 0 Å². The van der Waals surface area contributed by atoms with Crippen molar-refractivity contribution in [1.29, 1.82) is 0 Å². The first-order chi connectivity index (χ1) is 10.9. The van der Waals surface area contributed by atoms with Gasteiger partial charge in [0.2, 0.25) is 10.0 Å². The highest BCUT2D eigenvalue weighted by molar-refractivity contribution is 7.89. The van der Waals surface area contributed by atoms with Gasteiger partial charge in [0.1, 0.15) is 12.4 Å². The predicted octanol–water partition coefficient (Wildman–Crippen LogP) is 2.91. The van der Waals surface area contributed by atoms with E-state index in [0.717, 1.165) is 12.8 Å². The maximum atomic E-state index is 13.0. The molecule has 0 unspecified atom stereocenters. The van der Waals surface area contributed by atoms with E-state index in [2.05, 4.69) is 13.8 Å². The van der Waals surface area contributed by atoms with E-state index in [1.807, 2.05) is 6.92 Å². The average molecular weight is 341 g/mol. The highest BCUT2D eigenvalue weighted by atomic mass is 32.2. The minimum Gasteiger partial charge on any atom is -0.491 e. The molecule has 130 valence electrons. The van der Waals surface area contributed by atoms with Crippen molar-refractivity contribution in [3.63, 3.8) is 0 Å². The van der Waals surface area contributed by atoms with Crippen LogP contribution in [0.15, 0.2) is 29.2 Å². The second-order valence-electron chi connectivity index (χ2n) is 6.36. The number of methoxy groups -OCH3 is 1. The Hall–Kier alpha value is -1.11. The summed E-state index contributed by atoms with van der Waals surface area (Å²) in [5.41, 5.74) is 0. The molecule has 5 nitrogen and oxygen atoms in total. The summed E-state index contributed by atoms with van der Waals surface area (Å²) in [6, 6.07) is 6.79. The molecule has 1 aliphatic carbocycles. The van der Waals surface area contributed by atoms with Gasteiger partial charge in [0.05, 0.1) is 11.5 Å². The Balaban J connectivity index is 2.17. The molecule has 23 heavy (non-hydrogen) atoms. The zero-order valence-electron chi connectivity index (χ0n) is 14.4. The predicted molar refractivity (Wildman–Crippen MR) is 90.2 cm³/mol. The minimum absolute atomic E-state index is 0.00914. The maximum Gasteiger partial charge on any atom is 0.243 e. The molecule has 0 amide bonds. The van der Waals surface area contributed by atoms with Gasteiger partial charge in [-0.2, -0.15) is 4.31 Å². The molecule has 0 aromatic heterocycles. The molecule has 0 N–H and O–H groups in total. The molecule has 0 radical (unpaired) electrons. The Kier molecular flexibility index (Phi) is 6.06. The first-order valence-corrected chi connectivity index (χ1v) is 9.57. The monoisotopic (exact) mass is 341 g/mol. The summed E-state index contributed by atoms with van der Waals surface area (Å²) in [7, 11) is -1.86. The van der Waals surface area contributed by atoms with Crippen LogP contribution in [0.5, 0.6) is 5.75 Å². The van der Waals surface area contributed by atoms with Crippen LogP contribution >= 0.6 is 0 Å². The van der Waals surface area contributed by atoms with Crippen molar-refractivity contribution >= 4 is 10.0 Å². The molecule has 1 saturated carbocycles. The molecule has 0 bridgehead atoms. The van der Waals surface area contributed by atoms with E-state index < -0.39 is 10.0 Å². The van der Waals surface area contributed by atoms with Gasteiger partial charge in [0.25, 0.3) is 0 Å². The normalized spacial score (nSPS) is 16.8. The summed E-state index contributed by atoms with van der Waals surface area (Å²) in [6.07, 6.45) is 1.91. The van der Waals surface area contributed by atoms with Crippen molar-refractivity contribution in [1.82, 2.24) is 4.31 Å². The van der Waals surface area contributed by atoms with Gasteiger partial charge in [-0.25, -0.2) is 8.42 Å². The number of ether oxygens (including phenoxy) is 2. The summed E-state index contributed by atoms with van der Waals surface area (Å²) in [4.78, 5) is 0.330. The SMILES string of the molecule is COCCOc1ccc(S(=O)(=O)N(C2CC2)[C@H](C)C(C)C)cc1. The minimum atomic E-state index is -3.47. The molecular formula is C17H27NO4S. The van der Waals surface area contributed by atoms with Crippen molar-refractivity contribution in [2.45, 2.75) is 50.6 Å². The van der Waals surface area contributed by atoms with Crippen LogP contribution in [0.1, 0.15) is 33.6 Å².